The van der Waals surface area contributed by atoms with Crippen LogP contribution in [-0.2, 0) is 28.9 Å². The molecule has 0 spiro atoms. The molecule has 0 aromatic rings. The second kappa shape index (κ2) is 37.6. The molecule has 7 N–H and O–H groups in total. The lowest BCUT2D eigenvalue weighted by atomic mass is 9.99. The molecule has 358 valence electrons. The fourth-order valence-electron chi connectivity index (χ4n) is 7.45. The summed E-state index contributed by atoms with van der Waals surface area (Å²) in [5.74, 6) is -0.715. The number of allylic oxidation sites excluding steroid dienone is 5. The van der Waals surface area contributed by atoms with Crippen LogP contribution in [0, 0.1) is 0 Å². The molecule has 61 heavy (non-hydrogen) atoms. The number of unbranched alkanes of at least 4 members (excludes halogenated alkanes) is 24. The Morgan fingerprint density at radius 1 is 0.672 bits per heavy atom. The molecule has 1 fully saturated rings. The number of rotatable bonds is 40. The number of carbonyl (C=O) groups is 1. The predicted molar refractivity (Wildman–Crippen MR) is 242 cm³/mol. The summed E-state index contributed by atoms with van der Waals surface area (Å²) in [5, 5.41) is 55.2. The van der Waals surface area contributed by atoms with Crippen LogP contribution in [0.2, 0.25) is 0 Å². The predicted octanol–water partition coefficient (Wildman–Crippen LogP) is 8.47. The van der Waals surface area contributed by atoms with Crippen molar-refractivity contribution in [2.24, 2.45) is 0 Å². The lowest BCUT2D eigenvalue weighted by molar-refractivity contribution is -0.298. The van der Waals surface area contributed by atoms with E-state index in [4.69, 9.17) is 9.47 Å². The minimum Gasteiger partial charge on any atom is -0.394 e. The maximum Gasteiger partial charge on any atom is 0.397 e. The van der Waals surface area contributed by atoms with Gasteiger partial charge in [0.25, 0.3) is 0 Å². The van der Waals surface area contributed by atoms with Crippen LogP contribution in [-0.4, -0.2) is 107 Å². The molecule has 1 aliphatic rings. The number of amides is 1. The monoisotopic (exact) mass is 890 g/mol. The van der Waals surface area contributed by atoms with E-state index >= 15 is 0 Å². The fourth-order valence-corrected chi connectivity index (χ4v) is 7.96. The zero-order valence-corrected chi connectivity index (χ0v) is 38.7. The zero-order valence-electron chi connectivity index (χ0n) is 37.8. The molecule has 13 nitrogen and oxygen atoms in total. The Hall–Kier alpha value is -1.72. The molecule has 0 saturated carbocycles. The van der Waals surface area contributed by atoms with Gasteiger partial charge in [-0.25, -0.2) is 4.18 Å². The smallest absolute Gasteiger partial charge is 0.394 e. The minimum atomic E-state index is -5.12. The zero-order chi connectivity index (χ0) is 45.0. The molecule has 8 unspecified atom stereocenters. The summed E-state index contributed by atoms with van der Waals surface area (Å²) in [6.07, 6.45) is 32.2. The summed E-state index contributed by atoms with van der Waals surface area (Å²) >= 11 is 0. The van der Waals surface area contributed by atoms with Crippen molar-refractivity contribution in [1.29, 1.82) is 0 Å². The van der Waals surface area contributed by atoms with Crippen LogP contribution in [0.3, 0.4) is 0 Å². The first-order valence-electron chi connectivity index (χ1n) is 24.0. The van der Waals surface area contributed by atoms with Gasteiger partial charge in [0.15, 0.2) is 6.29 Å². The third kappa shape index (κ3) is 30.1. The molecule has 0 bridgehead atoms. The number of carbonyl (C=O) groups excluding carboxylic acids is 1. The Bertz CT molecular complexity index is 1250. The molecule has 1 heterocycles. The first kappa shape index (κ1) is 57.3. The van der Waals surface area contributed by atoms with E-state index in [1.165, 1.54) is 109 Å². The average molecular weight is 890 g/mol. The lowest BCUT2D eigenvalue weighted by Gasteiger charge is -2.41. The van der Waals surface area contributed by atoms with E-state index in [1.54, 1.807) is 0 Å². The Balaban J connectivity index is 2.58. The van der Waals surface area contributed by atoms with Crippen molar-refractivity contribution in [1.82, 2.24) is 5.32 Å². The van der Waals surface area contributed by atoms with Crippen molar-refractivity contribution in [3.63, 3.8) is 0 Å². The Labute approximate surface area is 369 Å². The molecular weight excluding hydrogens is 803 g/mol. The quantitative estimate of drug-likeness (QED) is 0.0134. The minimum absolute atomic E-state index is 0.225. The molecule has 0 radical (unpaired) electrons. The van der Waals surface area contributed by atoms with Gasteiger partial charge in [-0.05, 0) is 44.9 Å². The molecule has 1 saturated heterocycles. The van der Waals surface area contributed by atoms with E-state index in [0.717, 1.165) is 57.8 Å². The highest BCUT2D eigenvalue weighted by atomic mass is 32.3. The van der Waals surface area contributed by atoms with Gasteiger partial charge >= 0.3 is 10.4 Å². The van der Waals surface area contributed by atoms with E-state index < -0.39 is 78.5 Å². The maximum atomic E-state index is 13.1. The molecule has 1 amide bonds. The van der Waals surface area contributed by atoms with Crippen molar-refractivity contribution in [3.8, 4) is 0 Å². The van der Waals surface area contributed by atoms with Crippen molar-refractivity contribution in [2.45, 2.75) is 243 Å². The number of aliphatic hydroxyl groups is 5. The Kier molecular flexibility index (Phi) is 35.4. The molecule has 14 heteroatoms. The molecular formula is C47H87NO12S. The number of ether oxygens (including phenoxy) is 2. The summed E-state index contributed by atoms with van der Waals surface area (Å²) in [6, 6.07) is -1.13. The van der Waals surface area contributed by atoms with Gasteiger partial charge in [0.2, 0.25) is 5.91 Å². The highest BCUT2D eigenvalue weighted by Crippen LogP contribution is 2.26. The first-order valence-corrected chi connectivity index (χ1v) is 25.4. The first-order chi connectivity index (χ1) is 29.4. The Morgan fingerprint density at radius 3 is 1.61 bits per heavy atom. The summed E-state index contributed by atoms with van der Waals surface area (Å²) < 4.78 is 47.5. The molecule has 0 aromatic heterocycles. The van der Waals surface area contributed by atoms with Crippen LogP contribution >= 0.6 is 0 Å². The maximum absolute atomic E-state index is 13.1. The van der Waals surface area contributed by atoms with Gasteiger partial charge < -0.3 is 40.3 Å². The fraction of sp³-hybridized carbons (Fsp3) is 0.851. The van der Waals surface area contributed by atoms with Gasteiger partial charge in [-0.2, -0.15) is 8.42 Å². The standard InChI is InChI=1S/C47H87NO12S/c1-3-5-7-9-11-13-15-17-19-20-21-22-24-25-27-29-31-33-35-40(50)39(38-58-47-44(53)45(60-61(55,56)57)43(52)42(37-49)59-47)48-46(54)41(51)36-34-32-30-28-26-23-18-16-14-12-10-8-6-4-2/h12,14,16,18,33,35,39-45,47,49-53H,3-11,13,15,17,19-32,34,36-38H2,1-2H3,(H,48,54)(H,55,56,57)/b14-12-,18-16-,35-33+. The van der Waals surface area contributed by atoms with Crippen LogP contribution in [0.1, 0.15) is 194 Å². The van der Waals surface area contributed by atoms with E-state index in [0.29, 0.717) is 12.8 Å². The van der Waals surface area contributed by atoms with Gasteiger partial charge in [0.1, 0.15) is 30.5 Å². The van der Waals surface area contributed by atoms with Crippen molar-refractivity contribution in [3.05, 3.63) is 36.5 Å². The number of aliphatic hydroxyl groups excluding tert-OH is 5. The number of nitrogens with one attached hydrogen (secondary N) is 1. The average Bonchev–Trinajstić information content (AvgIpc) is 3.23. The van der Waals surface area contributed by atoms with Crippen LogP contribution in [0.5, 0.6) is 0 Å². The lowest BCUT2D eigenvalue weighted by Crippen LogP contribution is -2.61. The van der Waals surface area contributed by atoms with Gasteiger partial charge in [-0.15, -0.1) is 0 Å². The van der Waals surface area contributed by atoms with E-state index in [9.17, 15) is 43.3 Å². The van der Waals surface area contributed by atoms with Crippen LogP contribution < -0.4 is 5.32 Å². The highest BCUT2D eigenvalue weighted by molar-refractivity contribution is 7.80. The SMILES string of the molecule is CCCCC/C=C\C=C/CCCCCCCC(O)C(=O)NC(COC1OC(CO)C(O)C(OS(=O)(=O)O)C1O)C(O)/C=C/CCCCCCCCCCCCCCCCCC. The summed E-state index contributed by atoms with van der Waals surface area (Å²) in [6.45, 7) is 3.18. The van der Waals surface area contributed by atoms with Gasteiger partial charge in [0, 0.05) is 0 Å². The summed E-state index contributed by atoms with van der Waals surface area (Å²) in [7, 11) is -5.12. The number of hydrogen-bond donors (Lipinski definition) is 7. The molecule has 0 aliphatic carbocycles. The van der Waals surface area contributed by atoms with Gasteiger partial charge in [-0.3, -0.25) is 9.35 Å². The van der Waals surface area contributed by atoms with Crippen LogP contribution in [0.25, 0.3) is 0 Å². The van der Waals surface area contributed by atoms with Crippen molar-refractivity contribution >= 4 is 16.3 Å². The van der Waals surface area contributed by atoms with Crippen molar-refractivity contribution in [2.75, 3.05) is 13.2 Å². The largest absolute Gasteiger partial charge is 0.397 e. The van der Waals surface area contributed by atoms with E-state index in [-0.39, 0.29) is 6.42 Å². The second-order valence-electron chi connectivity index (χ2n) is 16.9. The third-order valence-electron chi connectivity index (χ3n) is 11.3. The van der Waals surface area contributed by atoms with E-state index in [1.807, 2.05) is 6.08 Å². The van der Waals surface area contributed by atoms with Crippen LogP contribution in [0.15, 0.2) is 36.5 Å². The van der Waals surface area contributed by atoms with Crippen LogP contribution in [0.4, 0.5) is 0 Å². The van der Waals surface area contributed by atoms with Crippen molar-refractivity contribution < 1.29 is 57.0 Å². The molecule has 0 aromatic carbocycles. The summed E-state index contributed by atoms with van der Waals surface area (Å²) in [4.78, 5) is 13.1. The second-order valence-corrected chi connectivity index (χ2v) is 17.9. The molecule has 1 aliphatic heterocycles. The Morgan fingerprint density at radius 2 is 1.11 bits per heavy atom. The summed E-state index contributed by atoms with van der Waals surface area (Å²) in [5.41, 5.74) is 0. The molecule has 1 rings (SSSR count). The molecule has 8 atom stereocenters. The normalized spacial score (nSPS) is 21.5. The topological polar surface area (TPSA) is 212 Å². The van der Waals surface area contributed by atoms with Gasteiger partial charge in [0.05, 0.1) is 25.4 Å². The third-order valence-corrected chi connectivity index (χ3v) is 11.8. The highest BCUT2D eigenvalue weighted by Gasteiger charge is 2.48. The van der Waals surface area contributed by atoms with E-state index in [2.05, 4.69) is 47.7 Å². The van der Waals surface area contributed by atoms with Gasteiger partial charge in [-0.1, -0.05) is 185 Å². The number of hydrogen-bond acceptors (Lipinski definition) is 11.